The normalized spacial score (nSPS) is 10.1. The minimum atomic E-state index is -0.254. The van der Waals surface area contributed by atoms with Crippen molar-refractivity contribution in [3.05, 3.63) is 30.1 Å². The number of nitrogens with two attached hydrogens (primary N) is 1. The number of nitrogens with one attached hydrogen (secondary N) is 1. The number of hydrogen-bond donors (Lipinski definition) is 2. The molecule has 2 aromatic rings. The maximum Gasteiger partial charge on any atom is 0.271 e. The number of ether oxygens (including phenoxy) is 1. The Morgan fingerprint density at radius 2 is 2.22 bits per heavy atom. The van der Waals surface area contributed by atoms with Crippen molar-refractivity contribution >= 4 is 11.6 Å². The molecule has 0 aliphatic carbocycles. The summed E-state index contributed by atoms with van der Waals surface area (Å²) in [6, 6.07) is 4.96. The Bertz CT molecular complexity index is 579. The van der Waals surface area contributed by atoms with Crippen molar-refractivity contribution in [1.29, 1.82) is 0 Å². The number of pyridine rings is 1. The summed E-state index contributed by atoms with van der Waals surface area (Å²) in [4.78, 5) is 15.6. The third kappa shape index (κ3) is 2.10. The third-order valence-electron chi connectivity index (χ3n) is 2.35. The number of hydrogen-bond acceptors (Lipinski definition) is 5. The monoisotopic (exact) mass is 247 g/mol. The fourth-order valence-corrected chi connectivity index (χ4v) is 1.43. The molecule has 0 aromatic carbocycles. The van der Waals surface area contributed by atoms with E-state index in [1.807, 2.05) is 0 Å². The maximum absolute atomic E-state index is 11.4. The van der Waals surface area contributed by atoms with Gasteiger partial charge in [0.25, 0.3) is 5.91 Å². The van der Waals surface area contributed by atoms with Crippen LogP contribution >= 0.6 is 0 Å². The standard InChI is InChI=1S/C11H13N5O2/c1-13-10(17)8-5-6-16(15-8)9-4-3-7(12)11(14-9)18-2/h3-6H,12H2,1-2H3,(H,13,17). The summed E-state index contributed by atoms with van der Waals surface area (Å²) in [5.41, 5.74) is 6.43. The highest BCUT2D eigenvalue weighted by atomic mass is 16.5. The molecule has 0 saturated heterocycles. The average molecular weight is 247 g/mol. The van der Waals surface area contributed by atoms with Gasteiger partial charge in [0.2, 0.25) is 5.88 Å². The number of nitrogen functional groups attached to an aromatic ring is 1. The summed E-state index contributed by atoms with van der Waals surface area (Å²) in [7, 11) is 3.04. The number of rotatable bonds is 3. The summed E-state index contributed by atoms with van der Waals surface area (Å²) < 4.78 is 6.50. The quantitative estimate of drug-likeness (QED) is 0.808. The van der Waals surface area contributed by atoms with E-state index < -0.39 is 0 Å². The highest BCUT2D eigenvalue weighted by Crippen LogP contribution is 2.19. The first-order chi connectivity index (χ1) is 8.65. The minimum Gasteiger partial charge on any atom is -0.479 e. The Balaban J connectivity index is 2.37. The lowest BCUT2D eigenvalue weighted by atomic mass is 10.4. The van der Waals surface area contributed by atoms with Crippen LogP contribution in [0.3, 0.4) is 0 Å². The molecule has 94 valence electrons. The molecule has 0 radical (unpaired) electrons. The number of aromatic nitrogens is 3. The average Bonchev–Trinajstić information content (AvgIpc) is 2.88. The van der Waals surface area contributed by atoms with Gasteiger partial charge in [-0.05, 0) is 18.2 Å². The lowest BCUT2D eigenvalue weighted by Crippen LogP contribution is -2.18. The van der Waals surface area contributed by atoms with Crippen LogP contribution in [0.4, 0.5) is 5.69 Å². The Hall–Kier alpha value is -2.57. The lowest BCUT2D eigenvalue weighted by molar-refractivity contribution is 0.0957. The predicted molar refractivity (Wildman–Crippen MR) is 65.7 cm³/mol. The Kier molecular flexibility index (Phi) is 3.13. The van der Waals surface area contributed by atoms with Crippen molar-refractivity contribution in [2.24, 2.45) is 0 Å². The van der Waals surface area contributed by atoms with Crippen LogP contribution in [0.5, 0.6) is 5.88 Å². The van der Waals surface area contributed by atoms with Gasteiger partial charge >= 0.3 is 0 Å². The summed E-state index contributed by atoms with van der Waals surface area (Å²) in [5, 5.41) is 6.60. The van der Waals surface area contributed by atoms with Crippen molar-refractivity contribution in [1.82, 2.24) is 20.1 Å². The Morgan fingerprint density at radius 1 is 1.44 bits per heavy atom. The summed E-state index contributed by atoms with van der Waals surface area (Å²) in [6.07, 6.45) is 1.64. The first-order valence-electron chi connectivity index (χ1n) is 5.24. The van der Waals surface area contributed by atoms with Crippen molar-refractivity contribution in [2.45, 2.75) is 0 Å². The Labute approximate surface area is 104 Å². The van der Waals surface area contributed by atoms with Gasteiger partial charge in [-0.15, -0.1) is 0 Å². The fraction of sp³-hybridized carbons (Fsp3) is 0.182. The molecule has 2 rings (SSSR count). The topological polar surface area (TPSA) is 95.1 Å². The predicted octanol–water partition coefficient (Wildman–Crippen LogP) is 0.218. The van der Waals surface area contributed by atoms with Gasteiger partial charge in [-0.25, -0.2) is 4.68 Å². The fourth-order valence-electron chi connectivity index (χ4n) is 1.43. The van der Waals surface area contributed by atoms with Crippen LogP contribution in [-0.2, 0) is 0 Å². The number of methoxy groups -OCH3 is 1. The van der Waals surface area contributed by atoms with E-state index in [0.29, 0.717) is 23.1 Å². The lowest BCUT2D eigenvalue weighted by Gasteiger charge is -2.05. The number of amides is 1. The SMILES string of the molecule is CNC(=O)c1ccn(-c2ccc(N)c(OC)n2)n1. The molecule has 0 fully saturated rings. The smallest absolute Gasteiger partial charge is 0.271 e. The Morgan fingerprint density at radius 3 is 2.89 bits per heavy atom. The van der Waals surface area contributed by atoms with E-state index in [-0.39, 0.29) is 5.91 Å². The van der Waals surface area contributed by atoms with E-state index in [4.69, 9.17) is 10.5 Å². The maximum atomic E-state index is 11.4. The van der Waals surface area contributed by atoms with E-state index >= 15 is 0 Å². The van der Waals surface area contributed by atoms with E-state index in [1.165, 1.54) is 11.8 Å². The van der Waals surface area contributed by atoms with Crippen molar-refractivity contribution < 1.29 is 9.53 Å². The second-order valence-electron chi connectivity index (χ2n) is 3.49. The van der Waals surface area contributed by atoms with Crippen LogP contribution in [0.2, 0.25) is 0 Å². The third-order valence-corrected chi connectivity index (χ3v) is 2.35. The first-order valence-corrected chi connectivity index (χ1v) is 5.24. The second-order valence-corrected chi connectivity index (χ2v) is 3.49. The van der Waals surface area contributed by atoms with Crippen LogP contribution < -0.4 is 15.8 Å². The molecule has 1 amide bonds. The molecule has 3 N–H and O–H groups in total. The van der Waals surface area contributed by atoms with Crippen molar-refractivity contribution in [3.63, 3.8) is 0 Å². The molecular formula is C11H13N5O2. The number of carbonyl (C=O) groups is 1. The first kappa shape index (κ1) is 11.9. The molecule has 0 saturated carbocycles. The molecule has 0 aliphatic rings. The van der Waals surface area contributed by atoms with Crippen LogP contribution in [-0.4, -0.2) is 34.8 Å². The molecule has 0 aliphatic heterocycles. The number of carbonyl (C=O) groups excluding carboxylic acids is 1. The van der Waals surface area contributed by atoms with Gasteiger partial charge in [0.1, 0.15) is 0 Å². The van der Waals surface area contributed by atoms with Gasteiger partial charge in [-0.1, -0.05) is 0 Å². The van der Waals surface area contributed by atoms with E-state index in [1.54, 1.807) is 31.4 Å². The van der Waals surface area contributed by atoms with Crippen LogP contribution in [0.1, 0.15) is 10.5 Å². The molecule has 0 spiro atoms. The van der Waals surface area contributed by atoms with E-state index in [2.05, 4.69) is 15.4 Å². The number of anilines is 1. The number of nitrogens with zero attached hydrogens (tertiary/aromatic N) is 3. The summed E-state index contributed by atoms with van der Waals surface area (Å²) in [5.74, 6) is 0.594. The van der Waals surface area contributed by atoms with E-state index in [9.17, 15) is 4.79 Å². The molecule has 0 bridgehead atoms. The van der Waals surface area contributed by atoms with E-state index in [0.717, 1.165) is 0 Å². The summed E-state index contributed by atoms with van der Waals surface area (Å²) >= 11 is 0. The molecule has 7 nitrogen and oxygen atoms in total. The van der Waals surface area contributed by atoms with Crippen molar-refractivity contribution in [3.8, 4) is 11.7 Å². The van der Waals surface area contributed by atoms with Crippen LogP contribution in [0.25, 0.3) is 5.82 Å². The molecule has 0 unspecified atom stereocenters. The van der Waals surface area contributed by atoms with Crippen LogP contribution in [0.15, 0.2) is 24.4 Å². The molecular weight excluding hydrogens is 234 g/mol. The molecule has 0 atom stereocenters. The second kappa shape index (κ2) is 4.74. The zero-order chi connectivity index (χ0) is 13.1. The van der Waals surface area contributed by atoms with Gasteiger partial charge in [0.05, 0.1) is 12.8 Å². The zero-order valence-electron chi connectivity index (χ0n) is 10.0. The molecule has 7 heteroatoms. The molecule has 2 heterocycles. The van der Waals surface area contributed by atoms with Crippen molar-refractivity contribution in [2.75, 3.05) is 19.9 Å². The van der Waals surface area contributed by atoms with Gasteiger partial charge in [0.15, 0.2) is 11.5 Å². The summed E-state index contributed by atoms with van der Waals surface area (Å²) in [6.45, 7) is 0. The van der Waals surface area contributed by atoms with Gasteiger partial charge in [-0.3, -0.25) is 4.79 Å². The minimum absolute atomic E-state index is 0.254. The molecule has 2 aromatic heterocycles. The molecule has 18 heavy (non-hydrogen) atoms. The van der Waals surface area contributed by atoms with Gasteiger partial charge in [-0.2, -0.15) is 10.1 Å². The van der Waals surface area contributed by atoms with Gasteiger partial charge < -0.3 is 15.8 Å². The zero-order valence-corrected chi connectivity index (χ0v) is 10.0. The largest absolute Gasteiger partial charge is 0.479 e. The van der Waals surface area contributed by atoms with Crippen LogP contribution in [0, 0.1) is 0 Å². The highest BCUT2D eigenvalue weighted by Gasteiger charge is 2.10. The highest BCUT2D eigenvalue weighted by molar-refractivity contribution is 5.91. The van der Waals surface area contributed by atoms with Gasteiger partial charge in [0, 0.05) is 13.2 Å².